The van der Waals surface area contributed by atoms with Gasteiger partial charge < -0.3 is 4.74 Å². The average molecular weight is 492 g/mol. The van der Waals surface area contributed by atoms with E-state index in [0.29, 0.717) is 28.2 Å². The standard InChI is InChI=1S/C29H21N3O5/c1-19-25(29(34)31(30-19)28(33)22-8-3-2-4-9-22)17-26-24-10-6-5-7-21(24)13-16-27(26)37-18-20-11-14-23(15-12-20)32(35)36/h2-17H,18H2,1H3/b25-17+. The van der Waals surface area contributed by atoms with Crippen LogP contribution in [0.25, 0.3) is 16.8 Å². The van der Waals surface area contributed by atoms with E-state index in [1.54, 1.807) is 55.5 Å². The Hall–Kier alpha value is -5.11. The first-order valence-corrected chi connectivity index (χ1v) is 11.5. The summed E-state index contributed by atoms with van der Waals surface area (Å²) in [6, 6.07) is 26.1. The Bertz CT molecular complexity index is 1590. The van der Waals surface area contributed by atoms with Gasteiger partial charge in [-0.1, -0.05) is 48.5 Å². The summed E-state index contributed by atoms with van der Waals surface area (Å²) in [6.07, 6.45) is 1.70. The molecule has 5 rings (SSSR count). The second-order valence-electron chi connectivity index (χ2n) is 8.44. The Kier molecular flexibility index (Phi) is 6.30. The van der Waals surface area contributed by atoms with Crippen molar-refractivity contribution in [3.63, 3.8) is 0 Å². The number of fused-ring (bicyclic) bond motifs is 1. The van der Waals surface area contributed by atoms with Crippen LogP contribution in [0.2, 0.25) is 0 Å². The van der Waals surface area contributed by atoms with Crippen molar-refractivity contribution in [1.29, 1.82) is 0 Å². The zero-order valence-corrected chi connectivity index (χ0v) is 19.8. The molecule has 4 aromatic rings. The maximum Gasteiger partial charge on any atom is 0.283 e. The molecule has 0 radical (unpaired) electrons. The Morgan fingerprint density at radius 3 is 2.41 bits per heavy atom. The lowest BCUT2D eigenvalue weighted by Crippen LogP contribution is -2.29. The van der Waals surface area contributed by atoms with E-state index in [1.807, 2.05) is 36.4 Å². The van der Waals surface area contributed by atoms with E-state index in [9.17, 15) is 19.7 Å². The van der Waals surface area contributed by atoms with E-state index in [0.717, 1.165) is 21.3 Å². The molecule has 0 saturated heterocycles. The molecular formula is C29H21N3O5. The Labute approximate surface area is 212 Å². The molecule has 0 N–H and O–H groups in total. The highest BCUT2D eigenvalue weighted by molar-refractivity contribution is 6.31. The second kappa shape index (κ2) is 9.87. The molecule has 0 unspecified atom stereocenters. The van der Waals surface area contributed by atoms with Crippen LogP contribution in [0.5, 0.6) is 5.75 Å². The molecule has 1 aliphatic rings. The van der Waals surface area contributed by atoms with Gasteiger partial charge in [0.2, 0.25) is 0 Å². The smallest absolute Gasteiger partial charge is 0.283 e. The Morgan fingerprint density at radius 2 is 1.68 bits per heavy atom. The predicted octanol–water partition coefficient (Wildman–Crippen LogP) is 5.77. The molecule has 0 aromatic heterocycles. The maximum atomic E-state index is 13.3. The third-order valence-electron chi connectivity index (χ3n) is 6.04. The van der Waals surface area contributed by atoms with Crippen molar-refractivity contribution in [2.45, 2.75) is 13.5 Å². The number of non-ortho nitro benzene ring substituents is 1. The lowest BCUT2D eigenvalue weighted by atomic mass is 9.99. The minimum Gasteiger partial charge on any atom is -0.488 e. The molecule has 37 heavy (non-hydrogen) atoms. The molecule has 0 saturated carbocycles. The van der Waals surface area contributed by atoms with Gasteiger partial charge in [0.15, 0.2) is 0 Å². The van der Waals surface area contributed by atoms with E-state index >= 15 is 0 Å². The van der Waals surface area contributed by atoms with Crippen molar-refractivity contribution in [2.24, 2.45) is 5.10 Å². The van der Waals surface area contributed by atoms with Crippen molar-refractivity contribution in [2.75, 3.05) is 0 Å². The summed E-state index contributed by atoms with van der Waals surface area (Å²) >= 11 is 0. The highest BCUT2D eigenvalue weighted by Crippen LogP contribution is 2.32. The van der Waals surface area contributed by atoms with Crippen LogP contribution in [0, 0.1) is 10.1 Å². The maximum absolute atomic E-state index is 13.3. The van der Waals surface area contributed by atoms with Crippen LogP contribution in [0.4, 0.5) is 5.69 Å². The predicted molar refractivity (Wildman–Crippen MR) is 140 cm³/mol. The van der Waals surface area contributed by atoms with Crippen molar-refractivity contribution in [1.82, 2.24) is 5.01 Å². The fourth-order valence-electron chi connectivity index (χ4n) is 4.09. The number of imide groups is 1. The molecule has 0 bridgehead atoms. The Morgan fingerprint density at radius 1 is 0.973 bits per heavy atom. The third kappa shape index (κ3) is 4.72. The molecule has 0 atom stereocenters. The van der Waals surface area contributed by atoms with Gasteiger partial charge in [-0.05, 0) is 59.7 Å². The van der Waals surface area contributed by atoms with Crippen LogP contribution in [0.3, 0.4) is 0 Å². The first-order chi connectivity index (χ1) is 17.9. The number of rotatable bonds is 6. The topological polar surface area (TPSA) is 102 Å². The van der Waals surface area contributed by atoms with Crippen molar-refractivity contribution in [3.05, 3.63) is 123 Å². The fraction of sp³-hybridized carbons (Fsp3) is 0.0690. The lowest BCUT2D eigenvalue weighted by Gasteiger charge is -2.13. The molecular weight excluding hydrogens is 470 g/mol. The zero-order chi connectivity index (χ0) is 25.9. The number of carbonyl (C=O) groups is 2. The summed E-state index contributed by atoms with van der Waals surface area (Å²) in [5.41, 5.74) is 2.51. The van der Waals surface area contributed by atoms with Gasteiger partial charge in [-0.15, -0.1) is 0 Å². The monoisotopic (exact) mass is 491 g/mol. The van der Waals surface area contributed by atoms with Gasteiger partial charge in [0.1, 0.15) is 12.4 Å². The summed E-state index contributed by atoms with van der Waals surface area (Å²) < 4.78 is 6.11. The van der Waals surface area contributed by atoms with Crippen LogP contribution < -0.4 is 4.74 Å². The van der Waals surface area contributed by atoms with Crippen LogP contribution in [0.1, 0.15) is 28.4 Å². The van der Waals surface area contributed by atoms with E-state index in [1.165, 1.54) is 12.1 Å². The number of hydrogen-bond donors (Lipinski definition) is 0. The molecule has 182 valence electrons. The number of nitro benzene ring substituents is 1. The van der Waals surface area contributed by atoms with Gasteiger partial charge >= 0.3 is 0 Å². The van der Waals surface area contributed by atoms with Crippen molar-refractivity contribution < 1.29 is 19.2 Å². The SMILES string of the molecule is CC1=NN(C(=O)c2ccccc2)C(=O)/C1=C/c1c(OCc2ccc([N+](=O)[O-])cc2)ccc2ccccc12. The van der Waals surface area contributed by atoms with Gasteiger partial charge in [-0.2, -0.15) is 10.1 Å². The number of benzene rings is 4. The van der Waals surface area contributed by atoms with E-state index < -0.39 is 16.7 Å². The summed E-state index contributed by atoms with van der Waals surface area (Å²) in [7, 11) is 0. The molecule has 8 nitrogen and oxygen atoms in total. The number of hydrazone groups is 1. The molecule has 4 aromatic carbocycles. The van der Waals surface area contributed by atoms with Gasteiger partial charge in [0.25, 0.3) is 17.5 Å². The van der Waals surface area contributed by atoms with Gasteiger partial charge in [0.05, 0.1) is 16.2 Å². The number of carbonyl (C=O) groups excluding carboxylic acids is 2. The van der Waals surface area contributed by atoms with Crippen LogP contribution in [-0.4, -0.2) is 27.5 Å². The minimum absolute atomic E-state index is 0.00369. The van der Waals surface area contributed by atoms with E-state index in [2.05, 4.69) is 5.10 Å². The summed E-state index contributed by atoms with van der Waals surface area (Å²) in [5.74, 6) is -0.487. The number of nitrogens with zero attached hydrogens (tertiary/aromatic N) is 3. The number of amides is 2. The van der Waals surface area contributed by atoms with Gasteiger partial charge in [0, 0.05) is 23.3 Å². The second-order valence-corrected chi connectivity index (χ2v) is 8.44. The highest BCUT2D eigenvalue weighted by atomic mass is 16.6. The average Bonchev–Trinajstić information content (AvgIpc) is 3.21. The highest BCUT2D eigenvalue weighted by Gasteiger charge is 2.33. The van der Waals surface area contributed by atoms with Gasteiger partial charge in [-0.25, -0.2) is 0 Å². The summed E-state index contributed by atoms with van der Waals surface area (Å²) in [4.78, 5) is 36.7. The molecule has 1 heterocycles. The first kappa shape index (κ1) is 23.6. The first-order valence-electron chi connectivity index (χ1n) is 11.5. The third-order valence-corrected chi connectivity index (χ3v) is 6.04. The summed E-state index contributed by atoms with van der Waals surface area (Å²) in [5, 5.41) is 17.9. The van der Waals surface area contributed by atoms with Gasteiger partial charge in [-0.3, -0.25) is 19.7 Å². The quantitative estimate of drug-likeness (QED) is 0.147. The number of nitro groups is 1. The zero-order valence-electron chi connectivity index (χ0n) is 19.8. The molecule has 1 aliphatic heterocycles. The Balaban J connectivity index is 1.49. The van der Waals surface area contributed by atoms with E-state index in [-0.39, 0.29) is 12.3 Å². The molecule has 8 heteroatoms. The van der Waals surface area contributed by atoms with Crippen LogP contribution >= 0.6 is 0 Å². The fourth-order valence-corrected chi connectivity index (χ4v) is 4.09. The molecule has 0 spiro atoms. The molecule has 2 amide bonds. The largest absolute Gasteiger partial charge is 0.488 e. The lowest BCUT2D eigenvalue weighted by molar-refractivity contribution is -0.384. The molecule has 0 fully saturated rings. The normalized spacial score (nSPS) is 14.2. The van der Waals surface area contributed by atoms with E-state index in [4.69, 9.17) is 4.74 Å². The van der Waals surface area contributed by atoms with Crippen molar-refractivity contribution >= 4 is 40.1 Å². The summed E-state index contributed by atoms with van der Waals surface area (Å²) in [6.45, 7) is 1.86. The van der Waals surface area contributed by atoms with Crippen molar-refractivity contribution in [3.8, 4) is 5.75 Å². The molecule has 0 aliphatic carbocycles. The van der Waals surface area contributed by atoms with Crippen LogP contribution in [0.15, 0.2) is 102 Å². The number of hydrogen-bond acceptors (Lipinski definition) is 6. The number of ether oxygens (including phenoxy) is 1. The van der Waals surface area contributed by atoms with Crippen LogP contribution in [-0.2, 0) is 11.4 Å². The minimum atomic E-state index is -0.513.